The number of unbranched alkanes of at least 4 members (excludes halogenated alkanes) is 2. The number of aliphatic hydroxyl groups is 1. The van der Waals surface area contributed by atoms with Crippen molar-refractivity contribution in [2.24, 2.45) is 0 Å². The van der Waals surface area contributed by atoms with Crippen LogP contribution in [-0.2, 0) is 6.54 Å². The van der Waals surface area contributed by atoms with Gasteiger partial charge in [-0.3, -0.25) is 4.40 Å². The Morgan fingerprint density at radius 3 is 3.00 bits per heavy atom. The zero-order chi connectivity index (χ0) is 14.4. The van der Waals surface area contributed by atoms with Crippen molar-refractivity contribution in [3.8, 4) is 0 Å². The lowest BCUT2D eigenvalue weighted by Gasteiger charge is -2.18. The highest BCUT2D eigenvalue weighted by Gasteiger charge is 2.15. The number of aliphatic hydroxyl groups excluding tert-OH is 1. The van der Waals surface area contributed by atoms with Crippen LogP contribution in [0.2, 0.25) is 0 Å². The normalized spacial score (nSPS) is 11.3. The third-order valence-electron chi connectivity index (χ3n) is 3.40. The first kappa shape index (κ1) is 15.3. The van der Waals surface area contributed by atoms with Crippen molar-refractivity contribution in [3.05, 3.63) is 17.3 Å². The Hall–Kier alpha value is -1.11. The standard InChI is InChI=1S/C14H24N4OS/c1-3-15-11-12-13(16-14-18(12)8-10-20-14)17(2)7-5-4-6-9-19/h8,10,15,19H,3-7,9,11H2,1-2H3. The smallest absolute Gasteiger partial charge is 0.195 e. The van der Waals surface area contributed by atoms with Crippen molar-refractivity contribution in [1.29, 1.82) is 0 Å². The Bertz CT molecular complexity index is 522. The average Bonchev–Trinajstić information content (AvgIpc) is 3.02. The fourth-order valence-corrected chi connectivity index (χ4v) is 3.01. The van der Waals surface area contributed by atoms with E-state index in [2.05, 4.69) is 40.2 Å². The zero-order valence-electron chi connectivity index (χ0n) is 12.3. The first-order valence-corrected chi connectivity index (χ1v) is 8.13. The van der Waals surface area contributed by atoms with Gasteiger partial charge in [0, 0.05) is 38.3 Å². The number of fused-ring (bicyclic) bond motifs is 1. The molecule has 2 aromatic heterocycles. The van der Waals surface area contributed by atoms with E-state index in [1.807, 2.05) is 0 Å². The van der Waals surface area contributed by atoms with E-state index < -0.39 is 0 Å². The van der Waals surface area contributed by atoms with Crippen molar-refractivity contribution < 1.29 is 5.11 Å². The maximum absolute atomic E-state index is 8.82. The fourth-order valence-electron chi connectivity index (χ4n) is 2.28. The van der Waals surface area contributed by atoms with Gasteiger partial charge in [0.15, 0.2) is 10.8 Å². The van der Waals surface area contributed by atoms with Crippen LogP contribution in [0.5, 0.6) is 0 Å². The molecule has 0 saturated heterocycles. The summed E-state index contributed by atoms with van der Waals surface area (Å²) in [5.41, 5.74) is 1.23. The Labute approximate surface area is 124 Å². The number of hydrogen-bond donors (Lipinski definition) is 2. The second kappa shape index (κ2) is 7.61. The third kappa shape index (κ3) is 3.50. The lowest BCUT2D eigenvalue weighted by molar-refractivity contribution is 0.283. The molecule has 0 amide bonds. The van der Waals surface area contributed by atoms with Gasteiger partial charge in [0.1, 0.15) is 0 Å². The van der Waals surface area contributed by atoms with Gasteiger partial charge in [0.25, 0.3) is 0 Å². The van der Waals surface area contributed by atoms with Crippen LogP contribution >= 0.6 is 11.3 Å². The van der Waals surface area contributed by atoms with Crippen molar-refractivity contribution >= 4 is 22.1 Å². The third-order valence-corrected chi connectivity index (χ3v) is 4.15. The molecule has 0 aliphatic rings. The van der Waals surface area contributed by atoms with E-state index in [1.54, 1.807) is 11.3 Å². The van der Waals surface area contributed by atoms with Crippen LogP contribution in [0.15, 0.2) is 11.6 Å². The van der Waals surface area contributed by atoms with Gasteiger partial charge in [0.2, 0.25) is 0 Å². The molecule has 0 radical (unpaired) electrons. The molecular formula is C14H24N4OS. The van der Waals surface area contributed by atoms with Crippen LogP contribution in [0, 0.1) is 0 Å². The Morgan fingerprint density at radius 1 is 1.40 bits per heavy atom. The van der Waals surface area contributed by atoms with Gasteiger partial charge in [0.05, 0.1) is 5.69 Å². The summed E-state index contributed by atoms with van der Waals surface area (Å²) in [5, 5.41) is 14.3. The molecule has 0 aliphatic heterocycles. The molecule has 0 fully saturated rings. The predicted octanol–water partition coefficient (Wildman–Crippen LogP) is 2.10. The van der Waals surface area contributed by atoms with E-state index in [-0.39, 0.29) is 6.61 Å². The fraction of sp³-hybridized carbons (Fsp3) is 0.643. The molecule has 0 aromatic carbocycles. The van der Waals surface area contributed by atoms with Gasteiger partial charge in [-0.05, 0) is 25.8 Å². The Balaban J connectivity index is 2.08. The highest BCUT2D eigenvalue weighted by molar-refractivity contribution is 7.15. The topological polar surface area (TPSA) is 52.8 Å². The monoisotopic (exact) mass is 296 g/mol. The largest absolute Gasteiger partial charge is 0.396 e. The molecule has 2 aromatic rings. The number of aromatic nitrogens is 2. The molecule has 0 spiro atoms. The maximum Gasteiger partial charge on any atom is 0.195 e. The molecule has 6 heteroatoms. The molecular weight excluding hydrogens is 272 g/mol. The summed E-state index contributed by atoms with van der Waals surface area (Å²) >= 11 is 1.67. The lowest BCUT2D eigenvalue weighted by Crippen LogP contribution is -2.22. The first-order chi connectivity index (χ1) is 9.77. The Kier molecular flexibility index (Phi) is 5.82. The van der Waals surface area contributed by atoms with E-state index in [0.717, 1.165) is 49.7 Å². The van der Waals surface area contributed by atoms with E-state index in [1.165, 1.54) is 5.69 Å². The van der Waals surface area contributed by atoms with Crippen molar-refractivity contribution in [2.75, 3.05) is 31.6 Å². The van der Waals surface area contributed by atoms with Crippen LogP contribution in [-0.4, -0.2) is 41.2 Å². The summed E-state index contributed by atoms with van der Waals surface area (Å²) in [6.45, 7) is 5.17. The molecule has 0 saturated carbocycles. The molecule has 0 unspecified atom stereocenters. The summed E-state index contributed by atoms with van der Waals surface area (Å²) in [4.78, 5) is 8.02. The van der Waals surface area contributed by atoms with E-state index >= 15 is 0 Å². The van der Waals surface area contributed by atoms with Gasteiger partial charge < -0.3 is 15.3 Å². The molecule has 0 aliphatic carbocycles. The van der Waals surface area contributed by atoms with Gasteiger partial charge >= 0.3 is 0 Å². The van der Waals surface area contributed by atoms with E-state index in [9.17, 15) is 0 Å². The van der Waals surface area contributed by atoms with Gasteiger partial charge in [-0.2, -0.15) is 0 Å². The minimum Gasteiger partial charge on any atom is -0.396 e. The van der Waals surface area contributed by atoms with Crippen LogP contribution in [0.4, 0.5) is 5.82 Å². The molecule has 0 bridgehead atoms. The average molecular weight is 296 g/mol. The van der Waals surface area contributed by atoms with E-state index in [0.29, 0.717) is 0 Å². The summed E-state index contributed by atoms with van der Waals surface area (Å²) in [7, 11) is 2.10. The minimum absolute atomic E-state index is 0.287. The second-order valence-corrected chi connectivity index (χ2v) is 5.80. The molecule has 2 rings (SSSR count). The summed E-state index contributed by atoms with van der Waals surface area (Å²) < 4.78 is 2.17. The van der Waals surface area contributed by atoms with Crippen LogP contribution < -0.4 is 10.2 Å². The van der Waals surface area contributed by atoms with Crippen LogP contribution in [0.3, 0.4) is 0 Å². The SMILES string of the molecule is CCNCc1c(N(C)CCCCCO)nc2sccn12. The summed E-state index contributed by atoms with van der Waals surface area (Å²) in [6, 6.07) is 0. The number of anilines is 1. The number of thiazole rings is 1. The molecule has 2 N–H and O–H groups in total. The van der Waals surface area contributed by atoms with Gasteiger partial charge in [-0.15, -0.1) is 11.3 Å². The molecule has 0 atom stereocenters. The zero-order valence-corrected chi connectivity index (χ0v) is 13.1. The summed E-state index contributed by atoms with van der Waals surface area (Å²) in [6.07, 6.45) is 5.12. The lowest BCUT2D eigenvalue weighted by atomic mass is 10.2. The van der Waals surface area contributed by atoms with Crippen molar-refractivity contribution in [3.63, 3.8) is 0 Å². The van der Waals surface area contributed by atoms with E-state index in [4.69, 9.17) is 10.1 Å². The number of rotatable bonds is 9. The van der Waals surface area contributed by atoms with Gasteiger partial charge in [-0.25, -0.2) is 4.98 Å². The highest BCUT2D eigenvalue weighted by Crippen LogP contribution is 2.24. The minimum atomic E-state index is 0.287. The molecule has 20 heavy (non-hydrogen) atoms. The summed E-state index contributed by atoms with van der Waals surface area (Å²) in [5.74, 6) is 1.07. The molecule has 2 heterocycles. The first-order valence-electron chi connectivity index (χ1n) is 7.25. The highest BCUT2D eigenvalue weighted by atomic mass is 32.1. The number of hydrogen-bond acceptors (Lipinski definition) is 5. The second-order valence-electron chi connectivity index (χ2n) is 4.92. The van der Waals surface area contributed by atoms with Crippen molar-refractivity contribution in [2.45, 2.75) is 32.7 Å². The van der Waals surface area contributed by atoms with Crippen LogP contribution in [0.25, 0.3) is 4.96 Å². The maximum atomic E-state index is 8.82. The predicted molar refractivity (Wildman–Crippen MR) is 84.7 cm³/mol. The Morgan fingerprint density at radius 2 is 2.25 bits per heavy atom. The number of nitrogens with zero attached hydrogens (tertiary/aromatic N) is 3. The molecule has 112 valence electrons. The number of nitrogens with one attached hydrogen (secondary N) is 1. The number of imidazole rings is 1. The quantitative estimate of drug-likeness (QED) is 0.696. The van der Waals surface area contributed by atoms with Crippen LogP contribution in [0.1, 0.15) is 31.9 Å². The molecule has 5 nitrogen and oxygen atoms in total. The van der Waals surface area contributed by atoms with Gasteiger partial charge in [-0.1, -0.05) is 6.92 Å². The van der Waals surface area contributed by atoms with Crippen molar-refractivity contribution in [1.82, 2.24) is 14.7 Å².